The van der Waals surface area contributed by atoms with E-state index in [0.717, 1.165) is 71.1 Å². The van der Waals surface area contributed by atoms with Crippen LogP contribution in [0.3, 0.4) is 0 Å². The minimum Gasteiger partial charge on any atom is -0.494 e. The van der Waals surface area contributed by atoms with Gasteiger partial charge in [-0.3, -0.25) is 0 Å². The van der Waals surface area contributed by atoms with Crippen LogP contribution >= 0.6 is 0 Å². The average Bonchev–Trinajstić information content (AvgIpc) is 3.07. The summed E-state index contributed by atoms with van der Waals surface area (Å²) in [5, 5.41) is 0. The Hall–Kier alpha value is -3.40. The quantitative estimate of drug-likeness (QED) is 0.0849. The fourth-order valence-electron chi connectivity index (χ4n) is 5.67. The molecule has 0 spiro atoms. The molecule has 0 bridgehead atoms. The first-order valence-corrected chi connectivity index (χ1v) is 17.5. The third-order valence-electron chi connectivity index (χ3n) is 8.36. The van der Waals surface area contributed by atoms with Crippen molar-refractivity contribution in [2.24, 2.45) is 0 Å². The fraction of sp³-hybridized carbons (Fsp3) is 0.500. The van der Waals surface area contributed by atoms with Crippen molar-refractivity contribution in [2.45, 2.75) is 117 Å². The molecule has 4 rings (SSSR count). The van der Waals surface area contributed by atoms with Crippen molar-refractivity contribution in [3.05, 3.63) is 72.8 Å². The molecular formula is C40H54N2O2. The number of rotatable bonds is 22. The van der Waals surface area contributed by atoms with Gasteiger partial charge in [-0.05, 0) is 73.5 Å². The third kappa shape index (κ3) is 11.3. The molecule has 3 aromatic carbocycles. The van der Waals surface area contributed by atoms with Gasteiger partial charge in [0.05, 0.1) is 35.6 Å². The summed E-state index contributed by atoms with van der Waals surface area (Å²) in [5.41, 5.74) is 5.62. The van der Waals surface area contributed by atoms with Crippen LogP contribution in [0.5, 0.6) is 11.5 Å². The second-order valence-corrected chi connectivity index (χ2v) is 12.1. The van der Waals surface area contributed by atoms with E-state index in [1.807, 2.05) is 24.3 Å². The van der Waals surface area contributed by atoms with Crippen molar-refractivity contribution in [1.29, 1.82) is 0 Å². The maximum atomic E-state index is 6.06. The number of hydrogen-bond acceptors (Lipinski definition) is 4. The zero-order valence-corrected chi connectivity index (χ0v) is 27.4. The molecule has 0 aliphatic rings. The van der Waals surface area contributed by atoms with Gasteiger partial charge in [-0.15, -0.1) is 0 Å². The highest BCUT2D eigenvalue weighted by Gasteiger charge is 2.14. The molecule has 1 heterocycles. The van der Waals surface area contributed by atoms with E-state index in [0.29, 0.717) is 0 Å². The maximum absolute atomic E-state index is 6.06. The highest BCUT2D eigenvalue weighted by atomic mass is 16.5. The topological polar surface area (TPSA) is 44.2 Å². The summed E-state index contributed by atoms with van der Waals surface area (Å²) >= 11 is 0. The van der Waals surface area contributed by atoms with Crippen LogP contribution in [-0.2, 0) is 0 Å². The largest absolute Gasteiger partial charge is 0.494 e. The standard InChI is InChI=1S/C40H54N2O2/c1-3-5-7-9-11-13-15-19-31-43-35-27-23-33(24-28-35)39-40(42-38-22-18-17-21-37(38)41-39)34-25-29-36(30-26-34)44-32-20-16-14-12-10-8-6-4-2/h17-18,21-30H,3-16,19-20,31-32H2,1-2H3. The summed E-state index contributed by atoms with van der Waals surface area (Å²) in [6.45, 7) is 6.07. The molecule has 0 radical (unpaired) electrons. The summed E-state index contributed by atoms with van der Waals surface area (Å²) in [5.74, 6) is 1.81. The molecule has 0 amide bonds. The number of aromatic nitrogens is 2. The molecule has 0 saturated heterocycles. The lowest BCUT2D eigenvalue weighted by molar-refractivity contribution is 0.304. The predicted molar refractivity (Wildman–Crippen MR) is 187 cm³/mol. The monoisotopic (exact) mass is 594 g/mol. The molecule has 0 aliphatic heterocycles. The van der Waals surface area contributed by atoms with E-state index in [1.165, 1.54) is 89.9 Å². The van der Waals surface area contributed by atoms with E-state index in [-0.39, 0.29) is 0 Å². The highest BCUT2D eigenvalue weighted by molar-refractivity contribution is 5.86. The van der Waals surface area contributed by atoms with Crippen molar-refractivity contribution in [1.82, 2.24) is 9.97 Å². The van der Waals surface area contributed by atoms with Gasteiger partial charge in [0.25, 0.3) is 0 Å². The van der Waals surface area contributed by atoms with E-state index in [9.17, 15) is 0 Å². The van der Waals surface area contributed by atoms with E-state index in [4.69, 9.17) is 19.4 Å². The lowest BCUT2D eigenvalue weighted by Crippen LogP contribution is -1.99. The van der Waals surface area contributed by atoms with Gasteiger partial charge < -0.3 is 9.47 Å². The van der Waals surface area contributed by atoms with Crippen LogP contribution in [0.4, 0.5) is 0 Å². The summed E-state index contributed by atoms with van der Waals surface area (Å²) < 4.78 is 12.1. The zero-order valence-electron chi connectivity index (χ0n) is 27.4. The van der Waals surface area contributed by atoms with E-state index >= 15 is 0 Å². The van der Waals surface area contributed by atoms with Crippen LogP contribution in [-0.4, -0.2) is 23.2 Å². The Bertz CT molecular complexity index is 1230. The van der Waals surface area contributed by atoms with Crippen molar-refractivity contribution in [2.75, 3.05) is 13.2 Å². The molecule has 0 N–H and O–H groups in total. The van der Waals surface area contributed by atoms with Crippen molar-refractivity contribution >= 4 is 11.0 Å². The molecule has 0 fully saturated rings. The Morgan fingerprint density at radius 1 is 0.409 bits per heavy atom. The van der Waals surface area contributed by atoms with Crippen LogP contribution < -0.4 is 9.47 Å². The first-order valence-electron chi connectivity index (χ1n) is 17.5. The maximum Gasteiger partial charge on any atom is 0.119 e. The number of ether oxygens (including phenoxy) is 2. The van der Waals surface area contributed by atoms with Crippen molar-refractivity contribution in [3.63, 3.8) is 0 Å². The number of unbranched alkanes of at least 4 members (excludes halogenated alkanes) is 14. The van der Waals surface area contributed by atoms with Gasteiger partial charge in [0.2, 0.25) is 0 Å². The van der Waals surface area contributed by atoms with Gasteiger partial charge >= 0.3 is 0 Å². The van der Waals surface area contributed by atoms with E-state index in [1.54, 1.807) is 0 Å². The molecule has 1 aromatic heterocycles. The van der Waals surface area contributed by atoms with Gasteiger partial charge in [0.15, 0.2) is 0 Å². The molecule has 4 heteroatoms. The Balaban J connectivity index is 1.33. The van der Waals surface area contributed by atoms with Gasteiger partial charge in [0, 0.05) is 11.1 Å². The number of hydrogen-bond donors (Lipinski definition) is 0. The molecule has 4 nitrogen and oxygen atoms in total. The molecule has 236 valence electrons. The van der Waals surface area contributed by atoms with Gasteiger partial charge in [-0.2, -0.15) is 0 Å². The summed E-state index contributed by atoms with van der Waals surface area (Å²) in [6.07, 6.45) is 20.8. The van der Waals surface area contributed by atoms with Gasteiger partial charge in [-0.25, -0.2) is 9.97 Å². The zero-order chi connectivity index (χ0) is 30.7. The fourth-order valence-corrected chi connectivity index (χ4v) is 5.67. The predicted octanol–water partition coefficient (Wildman–Crippen LogP) is 12.0. The second kappa shape index (κ2) is 19.8. The smallest absolute Gasteiger partial charge is 0.119 e. The van der Waals surface area contributed by atoms with Gasteiger partial charge in [-0.1, -0.05) is 116 Å². The summed E-state index contributed by atoms with van der Waals surface area (Å²) in [4.78, 5) is 10.1. The Morgan fingerprint density at radius 2 is 0.750 bits per heavy atom. The number of fused-ring (bicyclic) bond motifs is 1. The lowest BCUT2D eigenvalue weighted by atomic mass is 10.0. The van der Waals surface area contributed by atoms with E-state index in [2.05, 4.69) is 62.4 Å². The van der Waals surface area contributed by atoms with Crippen LogP contribution in [0.15, 0.2) is 72.8 Å². The van der Waals surface area contributed by atoms with Crippen LogP contribution in [0.2, 0.25) is 0 Å². The van der Waals surface area contributed by atoms with Crippen molar-refractivity contribution < 1.29 is 9.47 Å². The molecule has 0 aliphatic carbocycles. The summed E-state index contributed by atoms with van der Waals surface area (Å²) in [7, 11) is 0. The highest BCUT2D eigenvalue weighted by Crippen LogP contribution is 2.33. The van der Waals surface area contributed by atoms with Crippen LogP contribution in [0, 0.1) is 0 Å². The van der Waals surface area contributed by atoms with Crippen LogP contribution in [0.25, 0.3) is 33.5 Å². The van der Waals surface area contributed by atoms with Crippen LogP contribution in [0.1, 0.15) is 117 Å². The molecular weight excluding hydrogens is 540 g/mol. The SMILES string of the molecule is CCCCCCCCCCOc1ccc(-c2nc3ccccc3nc2-c2ccc(OCCCCCCCCCC)cc2)cc1. The number of para-hydroxylation sites is 2. The molecule has 0 unspecified atom stereocenters. The second-order valence-electron chi connectivity index (χ2n) is 12.1. The van der Waals surface area contributed by atoms with Gasteiger partial charge in [0.1, 0.15) is 11.5 Å². The third-order valence-corrected chi connectivity index (χ3v) is 8.36. The lowest BCUT2D eigenvalue weighted by Gasteiger charge is -2.12. The Labute approximate surface area is 266 Å². The normalized spacial score (nSPS) is 11.2. The Morgan fingerprint density at radius 3 is 1.11 bits per heavy atom. The average molecular weight is 595 g/mol. The minimum atomic E-state index is 0.767. The summed E-state index contributed by atoms with van der Waals surface area (Å²) in [6, 6.07) is 24.7. The molecule has 44 heavy (non-hydrogen) atoms. The first kappa shape index (κ1) is 33.5. The molecule has 4 aromatic rings. The van der Waals surface area contributed by atoms with E-state index < -0.39 is 0 Å². The Kier molecular flexibility index (Phi) is 15.1. The first-order chi connectivity index (χ1) is 21.8. The molecule has 0 saturated carbocycles. The number of benzene rings is 3. The molecule has 0 atom stereocenters. The van der Waals surface area contributed by atoms with Crippen molar-refractivity contribution in [3.8, 4) is 34.0 Å². The number of nitrogens with zero attached hydrogens (tertiary/aromatic N) is 2. The minimum absolute atomic E-state index is 0.767.